The SMILES string of the molecule is O=C(O)C1CCCN(S(=O)(=O)c2cnn(-c3ccccc3)c2)C1. The molecular weight excluding hydrogens is 318 g/mol. The molecule has 0 spiro atoms. The summed E-state index contributed by atoms with van der Waals surface area (Å²) in [5.74, 6) is -1.60. The molecule has 122 valence electrons. The molecule has 1 unspecified atom stereocenters. The largest absolute Gasteiger partial charge is 0.481 e. The number of sulfonamides is 1. The number of hydrogen-bond acceptors (Lipinski definition) is 4. The highest BCUT2D eigenvalue weighted by Crippen LogP contribution is 2.24. The summed E-state index contributed by atoms with van der Waals surface area (Å²) in [7, 11) is -3.73. The maximum absolute atomic E-state index is 12.7. The zero-order valence-electron chi connectivity index (χ0n) is 12.4. The van der Waals surface area contributed by atoms with Gasteiger partial charge in [0.1, 0.15) is 4.90 Å². The van der Waals surface area contributed by atoms with Crippen molar-refractivity contribution < 1.29 is 18.3 Å². The maximum atomic E-state index is 12.7. The first-order chi connectivity index (χ1) is 11.0. The minimum atomic E-state index is -3.73. The van der Waals surface area contributed by atoms with Gasteiger partial charge >= 0.3 is 5.97 Å². The summed E-state index contributed by atoms with van der Waals surface area (Å²) in [5.41, 5.74) is 0.760. The molecule has 3 rings (SSSR count). The molecule has 0 amide bonds. The van der Waals surface area contributed by atoms with Crippen molar-refractivity contribution in [1.82, 2.24) is 14.1 Å². The van der Waals surface area contributed by atoms with Crippen LogP contribution >= 0.6 is 0 Å². The second kappa shape index (κ2) is 6.13. The van der Waals surface area contributed by atoms with Crippen LogP contribution in [0.25, 0.3) is 5.69 Å². The number of benzene rings is 1. The first-order valence-electron chi connectivity index (χ1n) is 7.31. The van der Waals surface area contributed by atoms with Crippen LogP contribution in [0, 0.1) is 5.92 Å². The molecular formula is C15H17N3O4S. The van der Waals surface area contributed by atoms with E-state index in [4.69, 9.17) is 5.11 Å². The molecule has 23 heavy (non-hydrogen) atoms. The number of aromatic nitrogens is 2. The number of carbonyl (C=O) groups is 1. The molecule has 1 atom stereocenters. The van der Waals surface area contributed by atoms with Crippen LogP contribution in [-0.2, 0) is 14.8 Å². The molecule has 0 radical (unpaired) electrons. The van der Waals surface area contributed by atoms with Crippen LogP contribution in [0.3, 0.4) is 0 Å². The van der Waals surface area contributed by atoms with Crippen LogP contribution < -0.4 is 0 Å². The summed E-state index contributed by atoms with van der Waals surface area (Å²) in [4.78, 5) is 11.2. The predicted octanol–water partition coefficient (Wildman–Crippen LogP) is 1.36. The number of rotatable bonds is 4. The highest BCUT2D eigenvalue weighted by molar-refractivity contribution is 7.89. The summed E-state index contributed by atoms with van der Waals surface area (Å²) in [6.45, 7) is 0.344. The third kappa shape index (κ3) is 3.13. The van der Waals surface area contributed by atoms with Crippen LogP contribution in [0.1, 0.15) is 12.8 Å². The Bertz CT molecular complexity index is 801. The van der Waals surface area contributed by atoms with Gasteiger partial charge in [-0.2, -0.15) is 9.40 Å². The Balaban J connectivity index is 1.86. The van der Waals surface area contributed by atoms with Gasteiger partial charge in [0, 0.05) is 13.1 Å². The van der Waals surface area contributed by atoms with Crippen LogP contribution in [0.4, 0.5) is 0 Å². The second-order valence-corrected chi connectivity index (χ2v) is 7.43. The lowest BCUT2D eigenvalue weighted by Gasteiger charge is -2.29. The lowest BCUT2D eigenvalue weighted by molar-refractivity contribution is -0.142. The summed E-state index contributed by atoms with van der Waals surface area (Å²) in [6.07, 6.45) is 3.80. The Morgan fingerprint density at radius 2 is 2.00 bits per heavy atom. The molecule has 8 heteroatoms. The molecule has 1 fully saturated rings. The van der Waals surface area contributed by atoms with Gasteiger partial charge in [-0.1, -0.05) is 18.2 Å². The van der Waals surface area contributed by atoms with Crippen LogP contribution in [0.2, 0.25) is 0 Å². The minimum absolute atomic E-state index is 0.00812. The van der Waals surface area contributed by atoms with E-state index in [9.17, 15) is 13.2 Å². The zero-order chi connectivity index (χ0) is 16.4. The number of hydrogen-bond donors (Lipinski definition) is 1. The summed E-state index contributed by atoms with van der Waals surface area (Å²) >= 11 is 0. The number of carboxylic acids is 1. The first kappa shape index (κ1) is 15.7. The predicted molar refractivity (Wildman–Crippen MR) is 82.7 cm³/mol. The van der Waals surface area contributed by atoms with Gasteiger partial charge in [0.05, 0.1) is 24.0 Å². The third-order valence-electron chi connectivity index (χ3n) is 3.95. The average molecular weight is 335 g/mol. The van der Waals surface area contributed by atoms with Crippen molar-refractivity contribution in [2.45, 2.75) is 17.7 Å². The first-order valence-corrected chi connectivity index (χ1v) is 8.75. The van der Waals surface area contributed by atoms with Gasteiger partial charge in [-0.3, -0.25) is 4.79 Å². The van der Waals surface area contributed by atoms with E-state index in [1.165, 1.54) is 21.4 Å². The average Bonchev–Trinajstić information content (AvgIpc) is 3.06. The fourth-order valence-electron chi connectivity index (χ4n) is 2.67. The Hall–Kier alpha value is -2.19. The van der Waals surface area contributed by atoms with Gasteiger partial charge in [-0.05, 0) is 25.0 Å². The van der Waals surface area contributed by atoms with E-state index >= 15 is 0 Å². The highest BCUT2D eigenvalue weighted by atomic mass is 32.2. The summed E-state index contributed by atoms with van der Waals surface area (Å²) < 4.78 is 28.1. The van der Waals surface area contributed by atoms with Gasteiger partial charge in [-0.15, -0.1) is 0 Å². The topological polar surface area (TPSA) is 92.5 Å². The lowest BCUT2D eigenvalue weighted by atomic mass is 10.0. The number of piperidine rings is 1. The molecule has 1 aromatic carbocycles. The van der Waals surface area contributed by atoms with Crippen molar-refractivity contribution in [1.29, 1.82) is 0 Å². The summed E-state index contributed by atoms with van der Waals surface area (Å²) in [6, 6.07) is 9.19. The van der Waals surface area contributed by atoms with E-state index in [1.807, 2.05) is 30.3 Å². The molecule has 1 N–H and O–H groups in total. The van der Waals surface area contributed by atoms with Crippen molar-refractivity contribution in [3.63, 3.8) is 0 Å². The van der Waals surface area contributed by atoms with E-state index in [0.29, 0.717) is 19.4 Å². The Labute approximate surface area is 134 Å². The van der Waals surface area contributed by atoms with Crippen LogP contribution in [0.15, 0.2) is 47.6 Å². The molecule has 2 heterocycles. The van der Waals surface area contributed by atoms with Gasteiger partial charge in [0.15, 0.2) is 0 Å². The minimum Gasteiger partial charge on any atom is -0.481 e. The normalized spacial score (nSPS) is 19.6. The number of nitrogens with zero attached hydrogens (tertiary/aromatic N) is 3. The van der Waals surface area contributed by atoms with Crippen LogP contribution in [0.5, 0.6) is 0 Å². The molecule has 1 aliphatic rings. The Kier molecular flexibility index (Phi) is 4.18. The molecule has 1 aliphatic heterocycles. The van der Waals surface area contributed by atoms with E-state index in [0.717, 1.165) is 5.69 Å². The van der Waals surface area contributed by atoms with E-state index in [1.54, 1.807) is 0 Å². The van der Waals surface area contributed by atoms with Crippen molar-refractivity contribution in [3.8, 4) is 5.69 Å². The Morgan fingerprint density at radius 1 is 1.26 bits per heavy atom. The smallest absolute Gasteiger partial charge is 0.307 e. The molecule has 1 aromatic heterocycles. The molecule has 0 bridgehead atoms. The number of para-hydroxylation sites is 1. The van der Waals surface area contributed by atoms with E-state index < -0.39 is 21.9 Å². The van der Waals surface area contributed by atoms with Gasteiger partial charge in [0.25, 0.3) is 0 Å². The van der Waals surface area contributed by atoms with Gasteiger partial charge < -0.3 is 5.11 Å². The van der Waals surface area contributed by atoms with Crippen molar-refractivity contribution in [3.05, 3.63) is 42.7 Å². The Morgan fingerprint density at radius 3 is 2.70 bits per heavy atom. The second-order valence-electron chi connectivity index (χ2n) is 5.50. The zero-order valence-corrected chi connectivity index (χ0v) is 13.2. The van der Waals surface area contributed by atoms with Gasteiger partial charge in [0.2, 0.25) is 10.0 Å². The molecule has 0 aliphatic carbocycles. The van der Waals surface area contributed by atoms with Crippen molar-refractivity contribution >= 4 is 16.0 Å². The number of aliphatic carboxylic acids is 1. The van der Waals surface area contributed by atoms with E-state index in [2.05, 4.69) is 5.10 Å². The highest BCUT2D eigenvalue weighted by Gasteiger charge is 2.33. The quantitative estimate of drug-likeness (QED) is 0.910. The maximum Gasteiger partial charge on any atom is 0.307 e. The van der Waals surface area contributed by atoms with Gasteiger partial charge in [-0.25, -0.2) is 13.1 Å². The monoisotopic (exact) mass is 335 g/mol. The molecule has 1 saturated heterocycles. The van der Waals surface area contributed by atoms with Crippen molar-refractivity contribution in [2.24, 2.45) is 5.92 Å². The molecule has 2 aromatic rings. The third-order valence-corrected chi connectivity index (χ3v) is 5.77. The molecule has 7 nitrogen and oxygen atoms in total. The standard InChI is InChI=1S/C15H17N3O4S/c19-15(20)12-5-4-8-17(10-12)23(21,22)14-9-16-18(11-14)13-6-2-1-3-7-13/h1-3,6-7,9,11-12H,4-5,8,10H2,(H,19,20). The van der Waals surface area contributed by atoms with E-state index in [-0.39, 0.29) is 11.4 Å². The van der Waals surface area contributed by atoms with Crippen LogP contribution in [-0.4, -0.2) is 46.7 Å². The number of carboxylic acid groups (broad SMARTS) is 1. The van der Waals surface area contributed by atoms with Crippen molar-refractivity contribution in [2.75, 3.05) is 13.1 Å². The fraction of sp³-hybridized carbons (Fsp3) is 0.333. The summed E-state index contributed by atoms with van der Waals surface area (Å²) in [5, 5.41) is 13.2. The fourth-order valence-corrected chi connectivity index (χ4v) is 4.13. The molecule has 0 saturated carbocycles. The lowest BCUT2D eigenvalue weighted by Crippen LogP contribution is -2.42.